The summed E-state index contributed by atoms with van der Waals surface area (Å²) in [5.74, 6) is 0.862. The molecule has 3 aromatic heterocycles. The standard InChI is InChI=1S/C29H35ClN8O2/c1-8-25(39)32-22-15-23(28(40-18(2)3)35-27(22)37(6)14-13-36(4)5)33-29-31-16-21(30)26(34-29)20-17-38(7)24-12-10-9-11-19(20)24/h8-12,15-18H,1,13-14H2,2-7H3,(H,32,39)(H,31,33,34). The first-order valence-electron chi connectivity index (χ1n) is 12.9. The number of carbonyl (C=O) groups excluding carboxylic acids is 1. The lowest BCUT2D eigenvalue weighted by atomic mass is 10.1. The monoisotopic (exact) mass is 562 g/mol. The van der Waals surface area contributed by atoms with Crippen molar-refractivity contribution in [2.45, 2.75) is 20.0 Å². The molecule has 0 saturated heterocycles. The van der Waals surface area contributed by atoms with E-state index in [2.05, 4.69) is 27.1 Å². The summed E-state index contributed by atoms with van der Waals surface area (Å²) >= 11 is 6.58. The average molecular weight is 563 g/mol. The Morgan fingerprint density at radius 2 is 1.93 bits per heavy atom. The van der Waals surface area contributed by atoms with Crippen molar-refractivity contribution in [1.29, 1.82) is 0 Å². The highest BCUT2D eigenvalue weighted by atomic mass is 35.5. The number of halogens is 1. The van der Waals surface area contributed by atoms with E-state index in [-0.39, 0.29) is 12.0 Å². The van der Waals surface area contributed by atoms with Crippen molar-refractivity contribution in [3.8, 4) is 17.1 Å². The van der Waals surface area contributed by atoms with Crippen molar-refractivity contribution in [3.63, 3.8) is 0 Å². The van der Waals surface area contributed by atoms with Gasteiger partial charge in [-0.15, -0.1) is 0 Å². The molecule has 0 saturated carbocycles. The number of hydrogen-bond donors (Lipinski definition) is 2. The molecule has 3 heterocycles. The van der Waals surface area contributed by atoms with Crippen LogP contribution in [0.4, 0.5) is 23.1 Å². The molecular weight excluding hydrogens is 528 g/mol. The maximum Gasteiger partial charge on any atom is 0.247 e. The van der Waals surface area contributed by atoms with Crippen LogP contribution < -0.4 is 20.3 Å². The third-order valence-electron chi connectivity index (χ3n) is 6.14. The number of pyridine rings is 1. The molecule has 1 amide bonds. The van der Waals surface area contributed by atoms with Crippen LogP contribution in [0, 0.1) is 0 Å². The van der Waals surface area contributed by atoms with Crippen LogP contribution >= 0.6 is 11.6 Å². The minimum Gasteiger partial charge on any atom is -0.473 e. The number of anilines is 4. The summed E-state index contributed by atoms with van der Waals surface area (Å²) in [6.07, 6.45) is 4.63. The molecule has 0 fully saturated rings. The number of fused-ring (bicyclic) bond motifs is 1. The summed E-state index contributed by atoms with van der Waals surface area (Å²) in [5, 5.41) is 7.56. The van der Waals surface area contributed by atoms with E-state index in [1.54, 1.807) is 12.3 Å². The van der Waals surface area contributed by atoms with Gasteiger partial charge in [0.15, 0.2) is 5.82 Å². The first kappa shape index (κ1) is 28.8. The average Bonchev–Trinajstić information content (AvgIpc) is 3.25. The van der Waals surface area contributed by atoms with E-state index in [4.69, 9.17) is 26.3 Å². The number of rotatable bonds is 11. The van der Waals surface area contributed by atoms with Gasteiger partial charge in [-0.2, -0.15) is 4.98 Å². The number of likely N-dealkylation sites (N-methyl/N-ethyl adjacent to an activating group) is 2. The van der Waals surface area contributed by atoms with Crippen molar-refractivity contribution in [1.82, 2.24) is 24.4 Å². The van der Waals surface area contributed by atoms with E-state index in [0.29, 0.717) is 46.3 Å². The molecule has 4 rings (SSSR count). The highest BCUT2D eigenvalue weighted by molar-refractivity contribution is 6.33. The zero-order chi connectivity index (χ0) is 29.0. The molecular formula is C29H35ClN8O2. The number of amides is 1. The van der Waals surface area contributed by atoms with Gasteiger partial charge in [0.25, 0.3) is 0 Å². The van der Waals surface area contributed by atoms with E-state index in [1.807, 2.05) is 82.0 Å². The first-order chi connectivity index (χ1) is 19.1. The Kier molecular flexibility index (Phi) is 8.91. The molecule has 0 aliphatic heterocycles. The number of aryl methyl sites for hydroxylation is 1. The Hall–Kier alpha value is -4.15. The molecule has 11 heteroatoms. The van der Waals surface area contributed by atoms with Crippen LogP contribution in [0.1, 0.15) is 13.8 Å². The SMILES string of the molecule is C=CC(=O)Nc1cc(Nc2ncc(Cl)c(-c3cn(C)c4ccccc34)n2)c(OC(C)C)nc1N(C)CCN(C)C. The lowest BCUT2D eigenvalue weighted by molar-refractivity contribution is -0.111. The van der Waals surface area contributed by atoms with Gasteiger partial charge in [-0.25, -0.2) is 9.97 Å². The van der Waals surface area contributed by atoms with Crippen LogP contribution in [-0.4, -0.2) is 70.7 Å². The second-order valence-corrected chi connectivity index (χ2v) is 10.4. The number of hydrogen-bond acceptors (Lipinski definition) is 8. The molecule has 10 nitrogen and oxygen atoms in total. The van der Waals surface area contributed by atoms with Gasteiger partial charge >= 0.3 is 0 Å². The van der Waals surface area contributed by atoms with E-state index < -0.39 is 0 Å². The van der Waals surface area contributed by atoms with Gasteiger partial charge < -0.3 is 29.7 Å². The molecule has 0 atom stereocenters. The molecule has 0 radical (unpaired) electrons. The highest BCUT2D eigenvalue weighted by Gasteiger charge is 2.20. The summed E-state index contributed by atoms with van der Waals surface area (Å²) in [7, 11) is 7.90. The van der Waals surface area contributed by atoms with E-state index in [0.717, 1.165) is 23.0 Å². The van der Waals surface area contributed by atoms with Crippen LogP contribution in [0.2, 0.25) is 5.02 Å². The quantitative estimate of drug-likeness (QED) is 0.236. The van der Waals surface area contributed by atoms with Gasteiger partial charge in [0, 0.05) is 49.8 Å². The van der Waals surface area contributed by atoms with E-state index in [9.17, 15) is 4.79 Å². The Labute approximate surface area is 239 Å². The molecule has 1 aromatic carbocycles. The minimum atomic E-state index is -0.353. The molecule has 0 aliphatic rings. The maximum atomic E-state index is 12.3. The fourth-order valence-corrected chi connectivity index (χ4v) is 4.37. The molecule has 210 valence electrons. The lowest BCUT2D eigenvalue weighted by Gasteiger charge is -2.25. The predicted molar refractivity (Wildman–Crippen MR) is 163 cm³/mol. The third-order valence-corrected chi connectivity index (χ3v) is 6.42. The smallest absolute Gasteiger partial charge is 0.247 e. The number of aromatic nitrogens is 4. The fourth-order valence-electron chi connectivity index (χ4n) is 4.18. The Morgan fingerprint density at radius 3 is 2.62 bits per heavy atom. The second kappa shape index (κ2) is 12.4. The van der Waals surface area contributed by atoms with Crippen molar-refractivity contribution in [2.75, 3.05) is 49.8 Å². The van der Waals surface area contributed by atoms with Crippen molar-refractivity contribution in [3.05, 3.63) is 60.4 Å². The van der Waals surface area contributed by atoms with Gasteiger partial charge in [0.05, 0.1) is 28.7 Å². The van der Waals surface area contributed by atoms with Crippen LogP contribution in [0.3, 0.4) is 0 Å². The molecule has 4 aromatic rings. The van der Waals surface area contributed by atoms with Gasteiger partial charge in [-0.05, 0) is 46.2 Å². The predicted octanol–water partition coefficient (Wildman–Crippen LogP) is 5.34. The number of para-hydroxylation sites is 1. The Morgan fingerprint density at radius 1 is 1.18 bits per heavy atom. The number of benzene rings is 1. The summed E-state index contributed by atoms with van der Waals surface area (Å²) in [4.78, 5) is 30.4. The van der Waals surface area contributed by atoms with Crippen LogP contribution in [0.5, 0.6) is 5.88 Å². The summed E-state index contributed by atoms with van der Waals surface area (Å²) in [5.41, 5.74) is 3.53. The lowest BCUT2D eigenvalue weighted by Crippen LogP contribution is -2.30. The van der Waals surface area contributed by atoms with Crippen molar-refractivity contribution >= 4 is 51.6 Å². The van der Waals surface area contributed by atoms with E-state index in [1.165, 1.54) is 6.08 Å². The van der Waals surface area contributed by atoms with Crippen LogP contribution in [0.25, 0.3) is 22.2 Å². The molecule has 0 spiro atoms. The third kappa shape index (κ3) is 6.52. The summed E-state index contributed by atoms with van der Waals surface area (Å²) in [6, 6.07) is 9.83. The number of ether oxygens (including phenoxy) is 1. The van der Waals surface area contributed by atoms with Gasteiger partial charge in [0.1, 0.15) is 5.69 Å². The minimum absolute atomic E-state index is 0.154. The number of nitrogens with one attached hydrogen (secondary N) is 2. The van der Waals surface area contributed by atoms with Crippen molar-refractivity contribution in [2.24, 2.45) is 7.05 Å². The molecule has 0 bridgehead atoms. The van der Waals surface area contributed by atoms with Crippen LogP contribution in [0.15, 0.2) is 55.4 Å². The molecule has 2 N–H and O–H groups in total. The largest absolute Gasteiger partial charge is 0.473 e. The highest BCUT2D eigenvalue weighted by Crippen LogP contribution is 2.37. The first-order valence-corrected chi connectivity index (χ1v) is 13.3. The molecule has 0 aliphatic carbocycles. The summed E-state index contributed by atoms with van der Waals surface area (Å²) < 4.78 is 8.13. The van der Waals surface area contributed by atoms with Gasteiger partial charge in [-0.3, -0.25) is 4.79 Å². The fraction of sp³-hybridized carbons (Fsp3) is 0.310. The Balaban J connectivity index is 1.78. The van der Waals surface area contributed by atoms with Crippen molar-refractivity contribution < 1.29 is 9.53 Å². The number of carbonyl (C=O) groups is 1. The Bertz CT molecular complexity index is 1530. The number of nitrogens with zero attached hydrogens (tertiary/aromatic N) is 6. The van der Waals surface area contributed by atoms with Gasteiger partial charge in [0.2, 0.25) is 17.7 Å². The zero-order valence-corrected chi connectivity index (χ0v) is 24.5. The zero-order valence-electron chi connectivity index (χ0n) is 23.7. The van der Waals surface area contributed by atoms with Gasteiger partial charge in [-0.1, -0.05) is 36.4 Å². The normalized spacial score (nSPS) is 11.2. The van der Waals surface area contributed by atoms with E-state index >= 15 is 0 Å². The van der Waals surface area contributed by atoms with Crippen LogP contribution in [-0.2, 0) is 11.8 Å². The topological polar surface area (TPSA) is 100 Å². The molecule has 0 unspecified atom stereocenters. The second-order valence-electron chi connectivity index (χ2n) is 9.98. The molecule has 40 heavy (non-hydrogen) atoms. The maximum absolute atomic E-state index is 12.3. The summed E-state index contributed by atoms with van der Waals surface area (Å²) in [6.45, 7) is 8.90.